The zero-order valence-electron chi connectivity index (χ0n) is 20.1. The number of hydrogen-bond acceptors (Lipinski definition) is 6. The molecule has 1 aromatic heterocycles. The Hall–Kier alpha value is -3.37. The van der Waals surface area contributed by atoms with Crippen LogP contribution in [-0.4, -0.2) is 47.0 Å². The van der Waals surface area contributed by atoms with Crippen LogP contribution in [0.4, 0.5) is 8.78 Å². The van der Waals surface area contributed by atoms with Gasteiger partial charge in [0.15, 0.2) is 23.1 Å². The van der Waals surface area contributed by atoms with E-state index in [0.717, 1.165) is 22.9 Å². The molecule has 1 N–H and O–H groups in total. The van der Waals surface area contributed by atoms with Gasteiger partial charge in [0.2, 0.25) is 5.43 Å². The number of carbonyl (C=O) groups excluding carboxylic acids is 1. The standard InChI is InChI=1S/C27H25F2N3O4S/c1-36-13-15-6-9-22-30(12-15)27(35)25-26(34)20(33)10-11-31(25)32(22)24-16-7-8-19(28)23(29)18(16)14-37-21-5-3-2-4-17(21)24/h2-5,7-8,10-11,15,22,24,34H,6,9,12-14H2,1H3/t15?,22-,24+/m1/s1. The SMILES string of the molecule is COCC1CC[C@@H]2N(C1)C(=O)c1c(O)c(=O)ccn1N2[C@@H]1c2ccccc2SCc2c1ccc(F)c2F. The molecule has 3 atom stereocenters. The molecule has 3 aliphatic heterocycles. The molecule has 7 nitrogen and oxygen atoms in total. The van der Waals surface area contributed by atoms with E-state index in [9.17, 15) is 19.1 Å². The van der Waals surface area contributed by atoms with Crippen LogP contribution >= 0.6 is 11.8 Å². The predicted octanol–water partition coefficient (Wildman–Crippen LogP) is 4.00. The number of benzene rings is 2. The molecule has 0 radical (unpaired) electrons. The molecular formula is C27H25F2N3O4S. The lowest BCUT2D eigenvalue weighted by Crippen LogP contribution is -2.65. The van der Waals surface area contributed by atoms with Gasteiger partial charge in [0, 0.05) is 48.0 Å². The Morgan fingerprint density at radius 3 is 2.70 bits per heavy atom. The molecule has 37 heavy (non-hydrogen) atoms. The van der Waals surface area contributed by atoms with Gasteiger partial charge >= 0.3 is 0 Å². The number of thioether (sulfide) groups is 1. The Labute approximate surface area is 216 Å². The first-order valence-electron chi connectivity index (χ1n) is 12.1. The minimum absolute atomic E-state index is 0.0898. The first-order chi connectivity index (χ1) is 17.9. The molecule has 2 aromatic carbocycles. The number of pyridine rings is 1. The van der Waals surface area contributed by atoms with Crippen molar-refractivity contribution in [3.05, 3.63) is 92.9 Å². The van der Waals surface area contributed by atoms with Gasteiger partial charge in [-0.05, 0) is 36.1 Å². The number of halogens is 2. The summed E-state index contributed by atoms with van der Waals surface area (Å²) in [5.41, 5.74) is 0.909. The molecule has 1 unspecified atom stereocenters. The van der Waals surface area contributed by atoms with Gasteiger partial charge in [-0.1, -0.05) is 24.3 Å². The van der Waals surface area contributed by atoms with Crippen LogP contribution in [0.25, 0.3) is 0 Å². The molecule has 0 saturated carbocycles. The summed E-state index contributed by atoms with van der Waals surface area (Å²) in [6.45, 7) is 0.852. The second-order valence-corrected chi connectivity index (χ2v) is 10.6. The van der Waals surface area contributed by atoms with Gasteiger partial charge in [-0.2, -0.15) is 0 Å². The van der Waals surface area contributed by atoms with Crippen LogP contribution in [0.15, 0.2) is 58.4 Å². The van der Waals surface area contributed by atoms with Gasteiger partial charge in [-0.15, -0.1) is 11.8 Å². The number of aromatic nitrogens is 1. The van der Waals surface area contributed by atoms with Crippen molar-refractivity contribution in [2.45, 2.75) is 35.7 Å². The third-order valence-electron chi connectivity index (χ3n) is 7.50. The smallest absolute Gasteiger partial charge is 0.278 e. The second kappa shape index (κ2) is 9.18. The number of fused-ring (bicyclic) bond motifs is 4. The lowest BCUT2D eigenvalue weighted by molar-refractivity contribution is 0.0236. The van der Waals surface area contributed by atoms with Crippen molar-refractivity contribution >= 4 is 17.7 Å². The van der Waals surface area contributed by atoms with E-state index in [-0.39, 0.29) is 22.9 Å². The number of amides is 1. The largest absolute Gasteiger partial charge is 0.502 e. The number of carbonyl (C=O) groups is 1. The van der Waals surface area contributed by atoms with E-state index in [0.29, 0.717) is 25.1 Å². The van der Waals surface area contributed by atoms with Crippen LogP contribution in [0.3, 0.4) is 0 Å². The molecule has 192 valence electrons. The predicted molar refractivity (Wildman–Crippen MR) is 134 cm³/mol. The Balaban J connectivity index is 1.62. The van der Waals surface area contributed by atoms with Crippen molar-refractivity contribution < 1.29 is 23.4 Å². The minimum Gasteiger partial charge on any atom is -0.502 e. The molecule has 3 aliphatic rings. The van der Waals surface area contributed by atoms with Gasteiger partial charge in [0.1, 0.15) is 6.17 Å². The van der Waals surface area contributed by atoms with Crippen LogP contribution in [0.5, 0.6) is 5.75 Å². The van der Waals surface area contributed by atoms with E-state index >= 15 is 4.39 Å². The molecule has 1 saturated heterocycles. The van der Waals surface area contributed by atoms with Crippen LogP contribution in [0, 0.1) is 17.6 Å². The highest BCUT2D eigenvalue weighted by atomic mass is 32.2. The summed E-state index contributed by atoms with van der Waals surface area (Å²) in [5, 5.41) is 12.7. The molecule has 4 heterocycles. The van der Waals surface area contributed by atoms with E-state index in [1.807, 2.05) is 29.3 Å². The Bertz CT molecular complexity index is 1460. The third kappa shape index (κ3) is 3.73. The highest BCUT2D eigenvalue weighted by Gasteiger charge is 2.47. The maximum Gasteiger partial charge on any atom is 0.278 e. The number of rotatable bonds is 3. The Kier molecular flexibility index (Phi) is 5.95. The van der Waals surface area contributed by atoms with Crippen molar-refractivity contribution in [3.8, 4) is 5.75 Å². The van der Waals surface area contributed by atoms with Gasteiger partial charge in [0.25, 0.3) is 5.91 Å². The molecule has 1 fully saturated rings. The topological polar surface area (TPSA) is 75.0 Å². The average molecular weight is 526 g/mol. The van der Waals surface area contributed by atoms with Crippen molar-refractivity contribution in [2.75, 3.05) is 25.3 Å². The Morgan fingerprint density at radius 1 is 1.08 bits per heavy atom. The van der Waals surface area contributed by atoms with Crippen molar-refractivity contribution in [3.63, 3.8) is 0 Å². The molecule has 1 amide bonds. The Morgan fingerprint density at radius 2 is 1.89 bits per heavy atom. The molecular weight excluding hydrogens is 500 g/mol. The highest BCUT2D eigenvalue weighted by Crippen LogP contribution is 2.46. The van der Waals surface area contributed by atoms with Gasteiger partial charge < -0.3 is 14.7 Å². The molecule has 0 spiro atoms. The minimum atomic E-state index is -0.915. The monoisotopic (exact) mass is 525 g/mol. The summed E-state index contributed by atoms with van der Waals surface area (Å²) in [6.07, 6.45) is 2.41. The fraction of sp³-hybridized carbons (Fsp3) is 0.333. The molecule has 6 rings (SSSR count). The lowest BCUT2D eigenvalue weighted by Gasteiger charge is -2.53. The first kappa shape index (κ1) is 24.0. The van der Waals surface area contributed by atoms with Crippen molar-refractivity contribution in [1.29, 1.82) is 0 Å². The highest BCUT2D eigenvalue weighted by molar-refractivity contribution is 7.98. The number of aromatic hydroxyl groups is 1. The fourth-order valence-corrected chi connectivity index (χ4v) is 6.95. The van der Waals surface area contributed by atoms with Gasteiger partial charge in [-0.3, -0.25) is 19.3 Å². The maximum absolute atomic E-state index is 15.2. The maximum atomic E-state index is 15.2. The van der Waals surface area contributed by atoms with E-state index in [1.54, 1.807) is 18.1 Å². The summed E-state index contributed by atoms with van der Waals surface area (Å²) < 4.78 is 36.4. The number of hydrogen-bond donors (Lipinski definition) is 1. The van der Waals surface area contributed by atoms with Crippen molar-refractivity contribution in [1.82, 2.24) is 9.58 Å². The summed E-state index contributed by atoms with van der Waals surface area (Å²) in [7, 11) is 1.61. The average Bonchev–Trinajstić information content (AvgIpc) is 3.06. The first-order valence-corrected chi connectivity index (χ1v) is 13.1. The van der Waals surface area contributed by atoms with E-state index < -0.39 is 40.9 Å². The number of methoxy groups -OCH3 is 1. The van der Waals surface area contributed by atoms with Crippen LogP contribution in [0.2, 0.25) is 0 Å². The summed E-state index contributed by atoms with van der Waals surface area (Å²) in [5.74, 6) is -2.55. The fourth-order valence-electron chi connectivity index (χ4n) is 5.83. The molecule has 0 aliphatic carbocycles. The van der Waals surface area contributed by atoms with E-state index in [1.165, 1.54) is 28.7 Å². The quantitative estimate of drug-likeness (QED) is 0.557. The van der Waals surface area contributed by atoms with Crippen LogP contribution in [-0.2, 0) is 10.5 Å². The second-order valence-electron chi connectivity index (χ2n) is 9.60. The lowest BCUT2D eigenvalue weighted by atomic mass is 9.90. The summed E-state index contributed by atoms with van der Waals surface area (Å²) >= 11 is 1.43. The third-order valence-corrected chi connectivity index (χ3v) is 8.61. The normalized spacial score (nSPS) is 22.6. The zero-order chi connectivity index (χ0) is 25.8. The number of piperidine rings is 1. The summed E-state index contributed by atoms with van der Waals surface area (Å²) in [4.78, 5) is 28.7. The van der Waals surface area contributed by atoms with E-state index in [2.05, 4.69) is 0 Å². The zero-order valence-corrected chi connectivity index (χ0v) is 20.9. The molecule has 10 heteroatoms. The number of ether oxygens (including phenoxy) is 1. The summed E-state index contributed by atoms with van der Waals surface area (Å²) in [6, 6.07) is 11.0. The van der Waals surface area contributed by atoms with Crippen LogP contribution < -0.4 is 10.4 Å². The van der Waals surface area contributed by atoms with Crippen molar-refractivity contribution in [2.24, 2.45) is 5.92 Å². The van der Waals surface area contributed by atoms with Gasteiger partial charge in [0.05, 0.1) is 12.6 Å². The number of nitrogens with zero attached hydrogens (tertiary/aromatic N) is 3. The molecule has 3 aromatic rings. The van der Waals surface area contributed by atoms with Gasteiger partial charge in [-0.25, -0.2) is 8.78 Å². The van der Waals surface area contributed by atoms with Crippen LogP contribution in [0.1, 0.15) is 46.1 Å². The van der Waals surface area contributed by atoms with E-state index in [4.69, 9.17) is 4.74 Å². The molecule has 0 bridgehead atoms.